The lowest BCUT2D eigenvalue weighted by atomic mass is 9.93. The van der Waals surface area contributed by atoms with Crippen molar-refractivity contribution >= 4 is 15.9 Å². The molecule has 0 radical (unpaired) electrons. The van der Waals surface area contributed by atoms with Crippen LogP contribution in [0.15, 0.2) is 47.4 Å². The third-order valence-electron chi connectivity index (χ3n) is 3.74. The highest BCUT2D eigenvalue weighted by molar-refractivity contribution is 7.87. The highest BCUT2D eigenvalue weighted by Gasteiger charge is 2.33. The van der Waals surface area contributed by atoms with Gasteiger partial charge in [0.05, 0.1) is 12.0 Å². The molecule has 5 nitrogen and oxygen atoms in total. The molecule has 0 amide bonds. The molecule has 1 heterocycles. The van der Waals surface area contributed by atoms with Gasteiger partial charge in [0.2, 0.25) is 0 Å². The van der Waals surface area contributed by atoms with Gasteiger partial charge in [-0.3, -0.25) is 4.79 Å². The Kier molecular flexibility index (Phi) is 3.87. The number of hydrogen-bond donors (Lipinski definition) is 0. The number of hydrogen-bond acceptors (Lipinski definition) is 5. The summed E-state index contributed by atoms with van der Waals surface area (Å²) in [5.74, 6) is 0.418. The summed E-state index contributed by atoms with van der Waals surface area (Å²) in [7, 11) is -3.94. The Labute approximate surface area is 141 Å². The molecule has 0 aliphatic carbocycles. The summed E-state index contributed by atoms with van der Waals surface area (Å²) in [6.07, 6.45) is 0.280. The zero-order valence-electron chi connectivity index (χ0n) is 13.7. The lowest BCUT2D eigenvalue weighted by molar-refractivity contribution is 0.0619. The molecule has 0 unspecified atom stereocenters. The molecule has 0 N–H and O–H groups in total. The van der Waals surface area contributed by atoms with Crippen molar-refractivity contribution in [1.29, 1.82) is 0 Å². The Balaban J connectivity index is 1.91. The number of ketones is 1. The van der Waals surface area contributed by atoms with Gasteiger partial charge in [-0.15, -0.1) is 0 Å². The molecule has 0 atom stereocenters. The third kappa shape index (κ3) is 3.28. The van der Waals surface area contributed by atoms with E-state index in [1.165, 1.54) is 30.3 Å². The van der Waals surface area contributed by atoms with Crippen LogP contribution < -0.4 is 8.92 Å². The van der Waals surface area contributed by atoms with Gasteiger partial charge in [-0.25, -0.2) is 0 Å². The molecule has 3 rings (SSSR count). The molecule has 0 spiro atoms. The molecule has 0 fully saturated rings. The molecular weight excluding hydrogens is 328 g/mol. The Morgan fingerprint density at radius 3 is 2.42 bits per heavy atom. The number of rotatable bonds is 3. The minimum atomic E-state index is -3.94. The lowest BCUT2D eigenvalue weighted by Crippen LogP contribution is -2.35. The van der Waals surface area contributed by atoms with Crippen LogP contribution >= 0.6 is 0 Å². The molecule has 2 aromatic carbocycles. The van der Waals surface area contributed by atoms with E-state index in [0.29, 0.717) is 11.3 Å². The maximum atomic E-state index is 12.3. The van der Waals surface area contributed by atoms with Crippen molar-refractivity contribution in [3.63, 3.8) is 0 Å². The monoisotopic (exact) mass is 346 g/mol. The predicted molar refractivity (Wildman–Crippen MR) is 89.1 cm³/mol. The Morgan fingerprint density at radius 1 is 1.08 bits per heavy atom. The Hall–Kier alpha value is -2.34. The standard InChI is InChI=1S/C18H18O5S/c1-12-4-7-14(8-5-12)24(20,21)23-13-6-9-15-16(19)11-18(2,3)22-17(15)10-13/h4-10H,11H2,1-3H3. The Morgan fingerprint density at radius 2 is 1.75 bits per heavy atom. The first-order chi connectivity index (χ1) is 11.2. The molecule has 2 aromatic rings. The normalized spacial score (nSPS) is 16.2. The van der Waals surface area contributed by atoms with Gasteiger partial charge >= 0.3 is 10.1 Å². The zero-order chi connectivity index (χ0) is 17.5. The van der Waals surface area contributed by atoms with E-state index in [0.717, 1.165) is 5.56 Å². The van der Waals surface area contributed by atoms with Crippen molar-refractivity contribution in [2.75, 3.05) is 0 Å². The maximum Gasteiger partial charge on any atom is 0.339 e. The van der Waals surface area contributed by atoms with Crippen molar-refractivity contribution in [3.05, 3.63) is 53.6 Å². The molecule has 1 aliphatic rings. The number of benzene rings is 2. The molecule has 0 saturated carbocycles. The van der Waals surface area contributed by atoms with Crippen LogP contribution in [-0.2, 0) is 10.1 Å². The second-order valence-electron chi connectivity index (χ2n) is 6.47. The Bertz CT molecular complexity index is 896. The zero-order valence-corrected chi connectivity index (χ0v) is 14.5. The van der Waals surface area contributed by atoms with E-state index in [9.17, 15) is 13.2 Å². The second-order valence-corrected chi connectivity index (χ2v) is 8.02. The summed E-state index contributed by atoms with van der Waals surface area (Å²) >= 11 is 0. The van der Waals surface area contributed by atoms with E-state index in [4.69, 9.17) is 8.92 Å². The van der Waals surface area contributed by atoms with Gasteiger partial charge in [0.1, 0.15) is 22.0 Å². The van der Waals surface area contributed by atoms with Crippen molar-refractivity contribution < 1.29 is 22.1 Å². The minimum absolute atomic E-state index is 0.0332. The topological polar surface area (TPSA) is 69.7 Å². The molecular formula is C18H18O5S. The van der Waals surface area contributed by atoms with Crippen LogP contribution in [0.25, 0.3) is 0 Å². The maximum absolute atomic E-state index is 12.3. The van der Waals surface area contributed by atoms with Crippen LogP contribution in [0.4, 0.5) is 0 Å². The van der Waals surface area contributed by atoms with Crippen molar-refractivity contribution in [1.82, 2.24) is 0 Å². The average molecular weight is 346 g/mol. The average Bonchev–Trinajstić information content (AvgIpc) is 2.45. The fourth-order valence-corrected chi connectivity index (χ4v) is 3.49. The number of fused-ring (bicyclic) bond motifs is 1. The fourth-order valence-electron chi connectivity index (χ4n) is 2.56. The fraction of sp³-hybridized carbons (Fsp3) is 0.278. The van der Waals surface area contributed by atoms with Crippen molar-refractivity contribution in [2.24, 2.45) is 0 Å². The first-order valence-electron chi connectivity index (χ1n) is 7.54. The van der Waals surface area contributed by atoms with Gasteiger partial charge in [-0.05, 0) is 45.0 Å². The number of Topliss-reactive ketones (excluding diaryl/α,β-unsaturated/α-hetero) is 1. The van der Waals surface area contributed by atoms with Gasteiger partial charge in [0.25, 0.3) is 0 Å². The van der Waals surface area contributed by atoms with E-state index >= 15 is 0 Å². The van der Waals surface area contributed by atoms with Gasteiger partial charge < -0.3 is 8.92 Å². The number of aryl methyl sites for hydroxylation is 1. The van der Waals surface area contributed by atoms with Crippen molar-refractivity contribution in [2.45, 2.75) is 37.7 Å². The predicted octanol–water partition coefficient (Wildman–Crippen LogP) is 3.51. The first-order valence-corrected chi connectivity index (χ1v) is 8.95. The second kappa shape index (κ2) is 5.63. The summed E-state index contributed by atoms with van der Waals surface area (Å²) in [5, 5.41) is 0. The van der Waals surface area contributed by atoms with Gasteiger partial charge in [0, 0.05) is 6.07 Å². The molecule has 6 heteroatoms. The summed E-state index contributed by atoms with van der Waals surface area (Å²) in [6, 6.07) is 10.8. The molecule has 1 aliphatic heterocycles. The highest BCUT2D eigenvalue weighted by atomic mass is 32.2. The van der Waals surface area contributed by atoms with Gasteiger partial charge in [-0.2, -0.15) is 8.42 Å². The van der Waals surface area contributed by atoms with Crippen LogP contribution in [0.1, 0.15) is 36.2 Å². The van der Waals surface area contributed by atoms with Crippen LogP contribution in [0.2, 0.25) is 0 Å². The third-order valence-corrected chi connectivity index (χ3v) is 5.00. The summed E-state index contributed by atoms with van der Waals surface area (Å²) in [5.41, 5.74) is 0.768. The van der Waals surface area contributed by atoms with Gasteiger partial charge in [0.15, 0.2) is 5.78 Å². The summed E-state index contributed by atoms with van der Waals surface area (Å²) < 4.78 is 35.6. The summed E-state index contributed by atoms with van der Waals surface area (Å²) in [4.78, 5) is 12.2. The SMILES string of the molecule is Cc1ccc(S(=O)(=O)Oc2ccc3c(c2)OC(C)(C)CC3=O)cc1. The lowest BCUT2D eigenvalue weighted by Gasteiger charge is -2.31. The van der Waals surface area contributed by atoms with E-state index in [1.807, 2.05) is 20.8 Å². The van der Waals surface area contributed by atoms with Crippen LogP contribution in [0.3, 0.4) is 0 Å². The number of ether oxygens (including phenoxy) is 1. The highest BCUT2D eigenvalue weighted by Crippen LogP contribution is 2.36. The summed E-state index contributed by atoms with van der Waals surface area (Å²) in [6.45, 7) is 5.49. The van der Waals surface area contributed by atoms with E-state index in [-0.39, 0.29) is 22.8 Å². The van der Waals surface area contributed by atoms with E-state index in [1.54, 1.807) is 12.1 Å². The van der Waals surface area contributed by atoms with E-state index in [2.05, 4.69) is 0 Å². The quantitative estimate of drug-likeness (QED) is 0.796. The number of carbonyl (C=O) groups is 1. The smallest absolute Gasteiger partial charge is 0.339 e. The molecule has 0 saturated heterocycles. The van der Waals surface area contributed by atoms with Crippen LogP contribution in [-0.4, -0.2) is 19.8 Å². The minimum Gasteiger partial charge on any atom is -0.486 e. The molecule has 0 aromatic heterocycles. The molecule has 126 valence electrons. The van der Waals surface area contributed by atoms with Gasteiger partial charge in [-0.1, -0.05) is 17.7 Å². The molecule has 24 heavy (non-hydrogen) atoms. The first kappa shape index (κ1) is 16.5. The van der Waals surface area contributed by atoms with Crippen LogP contribution in [0, 0.1) is 6.92 Å². The van der Waals surface area contributed by atoms with Crippen LogP contribution in [0.5, 0.6) is 11.5 Å². The largest absolute Gasteiger partial charge is 0.486 e. The van der Waals surface area contributed by atoms with Crippen molar-refractivity contribution in [3.8, 4) is 11.5 Å². The van der Waals surface area contributed by atoms with E-state index < -0.39 is 15.7 Å². The molecule has 0 bridgehead atoms. The number of carbonyl (C=O) groups excluding carboxylic acids is 1.